The molecule has 1 fully saturated rings. The summed E-state index contributed by atoms with van der Waals surface area (Å²) in [5, 5.41) is 23.1. The number of hydrogen-bond acceptors (Lipinski definition) is 4. The van der Waals surface area contributed by atoms with E-state index >= 15 is 0 Å². The molecule has 6 heteroatoms. The average molecular weight is 278 g/mol. The maximum atomic E-state index is 11.0. The highest BCUT2D eigenvalue weighted by Gasteiger charge is 2.27. The van der Waals surface area contributed by atoms with Crippen LogP contribution in [0.1, 0.15) is 31.2 Å². The topological polar surface area (TPSA) is 92.5 Å². The van der Waals surface area contributed by atoms with Crippen molar-refractivity contribution in [3.8, 4) is 0 Å². The van der Waals surface area contributed by atoms with E-state index < -0.39 is 10.9 Å². The fraction of sp³-hybridized carbons (Fsp3) is 0.500. The van der Waals surface area contributed by atoms with Crippen LogP contribution in [0.2, 0.25) is 0 Å². The Morgan fingerprint density at radius 3 is 2.80 bits per heavy atom. The monoisotopic (exact) mass is 278 g/mol. The van der Waals surface area contributed by atoms with Crippen molar-refractivity contribution in [2.45, 2.75) is 38.6 Å². The second kappa shape index (κ2) is 5.90. The first-order valence-corrected chi connectivity index (χ1v) is 6.71. The number of nitro benzene ring substituents is 1. The molecule has 6 nitrogen and oxygen atoms in total. The molecule has 1 aromatic carbocycles. The normalized spacial score (nSPS) is 22.2. The van der Waals surface area contributed by atoms with E-state index in [1.54, 1.807) is 6.92 Å². The lowest BCUT2D eigenvalue weighted by molar-refractivity contribution is -0.384. The highest BCUT2D eigenvalue weighted by atomic mass is 16.6. The Labute approximate surface area is 117 Å². The van der Waals surface area contributed by atoms with E-state index in [1.807, 2.05) is 6.07 Å². The molecule has 0 spiro atoms. The van der Waals surface area contributed by atoms with Crippen LogP contribution < -0.4 is 5.32 Å². The van der Waals surface area contributed by atoms with Crippen LogP contribution in [0.3, 0.4) is 0 Å². The minimum absolute atomic E-state index is 0.0538. The Kier molecular flexibility index (Phi) is 4.22. The average Bonchev–Trinajstić information content (AvgIpc) is 2.38. The quantitative estimate of drug-likeness (QED) is 0.652. The van der Waals surface area contributed by atoms with Crippen LogP contribution in [-0.4, -0.2) is 22.0 Å². The summed E-state index contributed by atoms with van der Waals surface area (Å²) in [6.07, 6.45) is 3.03. The Morgan fingerprint density at radius 1 is 1.40 bits per heavy atom. The van der Waals surface area contributed by atoms with E-state index in [2.05, 4.69) is 5.32 Å². The zero-order valence-corrected chi connectivity index (χ0v) is 11.3. The van der Waals surface area contributed by atoms with Gasteiger partial charge in [0.15, 0.2) is 0 Å². The van der Waals surface area contributed by atoms with Gasteiger partial charge < -0.3 is 10.4 Å². The van der Waals surface area contributed by atoms with Crippen LogP contribution in [0.5, 0.6) is 0 Å². The fourth-order valence-electron chi connectivity index (χ4n) is 2.73. The number of carbonyl (C=O) groups is 1. The number of rotatable bonds is 4. The maximum Gasteiger partial charge on any atom is 0.306 e. The largest absolute Gasteiger partial charge is 0.481 e. The maximum absolute atomic E-state index is 11.0. The summed E-state index contributed by atoms with van der Waals surface area (Å²) in [5.74, 6) is -1.08. The lowest BCUT2D eigenvalue weighted by Gasteiger charge is -2.28. The molecule has 0 aliphatic heterocycles. The lowest BCUT2D eigenvalue weighted by Crippen LogP contribution is -2.30. The van der Waals surface area contributed by atoms with Crippen LogP contribution in [0, 0.1) is 23.0 Å². The van der Waals surface area contributed by atoms with Gasteiger partial charge in [-0.15, -0.1) is 0 Å². The van der Waals surface area contributed by atoms with E-state index in [-0.39, 0.29) is 17.6 Å². The first-order chi connectivity index (χ1) is 9.45. The molecular weight excluding hydrogens is 260 g/mol. The van der Waals surface area contributed by atoms with E-state index in [1.165, 1.54) is 12.1 Å². The SMILES string of the molecule is Cc1cc(NC2CCCC(C(=O)O)C2)cc([N+](=O)[O-])c1. The minimum atomic E-state index is -0.758. The minimum Gasteiger partial charge on any atom is -0.481 e. The summed E-state index contributed by atoms with van der Waals surface area (Å²) in [6, 6.07) is 4.92. The highest BCUT2D eigenvalue weighted by molar-refractivity contribution is 5.70. The number of hydrogen-bond donors (Lipinski definition) is 2. The van der Waals surface area contributed by atoms with E-state index in [9.17, 15) is 14.9 Å². The number of benzene rings is 1. The molecule has 2 rings (SSSR count). The van der Waals surface area contributed by atoms with Crippen molar-refractivity contribution in [2.24, 2.45) is 5.92 Å². The van der Waals surface area contributed by atoms with Gasteiger partial charge in [-0.3, -0.25) is 14.9 Å². The summed E-state index contributed by atoms with van der Waals surface area (Å²) in [7, 11) is 0. The first-order valence-electron chi connectivity index (χ1n) is 6.71. The van der Waals surface area contributed by atoms with Gasteiger partial charge in [0.1, 0.15) is 0 Å². The summed E-state index contributed by atoms with van der Waals surface area (Å²) < 4.78 is 0. The van der Waals surface area contributed by atoms with Gasteiger partial charge in [-0.2, -0.15) is 0 Å². The van der Waals surface area contributed by atoms with Gasteiger partial charge in [0, 0.05) is 23.9 Å². The molecule has 2 N–H and O–H groups in total. The van der Waals surface area contributed by atoms with Gasteiger partial charge >= 0.3 is 5.97 Å². The highest BCUT2D eigenvalue weighted by Crippen LogP contribution is 2.28. The van der Waals surface area contributed by atoms with E-state index in [0.717, 1.165) is 18.4 Å². The third-order valence-electron chi connectivity index (χ3n) is 3.67. The Balaban J connectivity index is 2.09. The molecule has 20 heavy (non-hydrogen) atoms. The van der Waals surface area contributed by atoms with Crippen molar-refractivity contribution in [1.29, 1.82) is 0 Å². The number of carboxylic acid groups (broad SMARTS) is 1. The summed E-state index contributed by atoms with van der Waals surface area (Å²) in [5.41, 5.74) is 1.55. The summed E-state index contributed by atoms with van der Waals surface area (Å²) >= 11 is 0. The number of nitrogens with zero attached hydrogens (tertiary/aromatic N) is 1. The number of nitro groups is 1. The van der Waals surface area contributed by atoms with Crippen molar-refractivity contribution >= 4 is 17.3 Å². The molecule has 2 atom stereocenters. The number of nitrogens with one attached hydrogen (secondary N) is 1. The van der Waals surface area contributed by atoms with Crippen molar-refractivity contribution in [2.75, 3.05) is 5.32 Å². The second-order valence-corrected chi connectivity index (χ2v) is 5.36. The number of anilines is 1. The molecular formula is C14H18N2O4. The van der Waals surface area contributed by atoms with Gasteiger partial charge in [0.2, 0.25) is 0 Å². The number of non-ortho nitro benzene ring substituents is 1. The molecule has 0 heterocycles. The zero-order chi connectivity index (χ0) is 14.7. The lowest BCUT2D eigenvalue weighted by atomic mass is 9.85. The van der Waals surface area contributed by atoms with Crippen LogP contribution in [0.15, 0.2) is 18.2 Å². The summed E-state index contributed by atoms with van der Waals surface area (Å²) in [4.78, 5) is 21.5. The predicted molar refractivity (Wildman–Crippen MR) is 74.8 cm³/mol. The zero-order valence-electron chi connectivity index (χ0n) is 11.3. The molecule has 1 saturated carbocycles. The third kappa shape index (κ3) is 3.46. The smallest absolute Gasteiger partial charge is 0.306 e. The predicted octanol–water partition coefficient (Wildman–Crippen LogP) is 2.96. The Morgan fingerprint density at radius 2 is 2.15 bits per heavy atom. The molecule has 0 radical (unpaired) electrons. The molecule has 0 saturated heterocycles. The molecule has 2 unspecified atom stereocenters. The Bertz CT molecular complexity index is 530. The van der Waals surface area contributed by atoms with E-state index in [4.69, 9.17) is 5.11 Å². The molecule has 1 aliphatic carbocycles. The first kappa shape index (κ1) is 14.3. The van der Waals surface area contributed by atoms with E-state index in [0.29, 0.717) is 18.5 Å². The van der Waals surface area contributed by atoms with Crippen molar-refractivity contribution in [3.05, 3.63) is 33.9 Å². The van der Waals surface area contributed by atoms with Gasteiger partial charge in [-0.05, 0) is 37.8 Å². The molecule has 0 amide bonds. The Hall–Kier alpha value is -2.11. The van der Waals surface area contributed by atoms with Crippen molar-refractivity contribution in [1.82, 2.24) is 0 Å². The standard InChI is InChI=1S/C14H18N2O4/c1-9-5-12(8-13(6-9)16(19)20)15-11-4-2-3-10(7-11)14(17)18/h5-6,8,10-11,15H,2-4,7H2,1H3,(H,17,18). The van der Waals surface area contributed by atoms with Gasteiger partial charge in [-0.1, -0.05) is 6.42 Å². The molecule has 0 aromatic heterocycles. The van der Waals surface area contributed by atoms with Crippen LogP contribution >= 0.6 is 0 Å². The molecule has 1 aromatic rings. The van der Waals surface area contributed by atoms with Crippen LogP contribution in [-0.2, 0) is 4.79 Å². The van der Waals surface area contributed by atoms with Gasteiger partial charge in [-0.25, -0.2) is 0 Å². The van der Waals surface area contributed by atoms with Crippen LogP contribution in [0.25, 0.3) is 0 Å². The summed E-state index contributed by atoms with van der Waals surface area (Å²) in [6.45, 7) is 1.80. The number of aryl methyl sites for hydroxylation is 1. The molecule has 0 bridgehead atoms. The number of aliphatic carboxylic acids is 1. The molecule has 108 valence electrons. The molecule has 1 aliphatic rings. The van der Waals surface area contributed by atoms with Crippen molar-refractivity contribution in [3.63, 3.8) is 0 Å². The van der Waals surface area contributed by atoms with Gasteiger partial charge in [0.25, 0.3) is 5.69 Å². The van der Waals surface area contributed by atoms with Gasteiger partial charge in [0.05, 0.1) is 10.8 Å². The van der Waals surface area contributed by atoms with Crippen LogP contribution in [0.4, 0.5) is 11.4 Å². The second-order valence-electron chi connectivity index (χ2n) is 5.36. The number of carboxylic acids is 1. The van der Waals surface area contributed by atoms with Crippen molar-refractivity contribution < 1.29 is 14.8 Å². The third-order valence-corrected chi connectivity index (χ3v) is 3.67. The fourth-order valence-corrected chi connectivity index (χ4v) is 2.73.